The number of aromatic nitrogens is 1. The monoisotopic (exact) mass is 248 g/mol. The molecule has 0 N–H and O–H groups in total. The summed E-state index contributed by atoms with van der Waals surface area (Å²) < 4.78 is 2.14. The Morgan fingerprint density at radius 3 is 2.65 bits per heavy atom. The van der Waals surface area contributed by atoms with Gasteiger partial charge in [0.05, 0.1) is 12.5 Å². The maximum Gasteiger partial charge on any atom is 0.213 e. The SMILES string of the molecule is CCn1cc(C(=O)C[S+](C)C)c2ccccc21. The molecule has 0 saturated carbocycles. The van der Waals surface area contributed by atoms with Crippen molar-refractivity contribution in [3.05, 3.63) is 36.0 Å². The van der Waals surface area contributed by atoms with Crippen molar-refractivity contribution >= 4 is 27.6 Å². The number of para-hydroxylation sites is 1. The second kappa shape index (κ2) is 4.96. The number of rotatable bonds is 4. The third-order valence-electron chi connectivity index (χ3n) is 2.85. The number of ketones is 1. The van der Waals surface area contributed by atoms with Crippen LogP contribution in [-0.2, 0) is 17.4 Å². The highest BCUT2D eigenvalue weighted by Crippen LogP contribution is 2.22. The summed E-state index contributed by atoms with van der Waals surface area (Å²) in [5.74, 6) is 0.916. The minimum atomic E-state index is 0.159. The van der Waals surface area contributed by atoms with Gasteiger partial charge in [0.2, 0.25) is 5.78 Å². The molecule has 1 heterocycles. The third-order valence-corrected chi connectivity index (χ3v) is 3.69. The predicted octanol–water partition coefficient (Wildman–Crippen LogP) is 2.72. The molecule has 0 aliphatic heterocycles. The molecule has 2 nitrogen and oxygen atoms in total. The van der Waals surface area contributed by atoms with E-state index in [-0.39, 0.29) is 16.7 Å². The van der Waals surface area contributed by atoms with Gasteiger partial charge in [-0.3, -0.25) is 4.79 Å². The normalized spacial score (nSPS) is 11.3. The minimum absolute atomic E-state index is 0.159. The predicted molar refractivity (Wildman–Crippen MR) is 76.0 cm³/mol. The van der Waals surface area contributed by atoms with Crippen molar-refractivity contribution in [3.63, 3.8) is 0 Å². The lowest BCUT2D eigenvalue weighted by Crippen LogP contribution is -2.13. The van der Waals surface area contributed by atoms with Crippen molar-refractivity contribution in [1.29, 1.82) is 0 Å². The van der Waals surface area contributed by atoms with Gasteiger partial charge in [0.15, 0.2) is 5.75 Å². The van der Waals surface area contributed by atoms with Crippen LogP contribution in [-0.4, -0.2) is 28.6 Å². The van der Waals surface area contributed by atoms with E-state index < -0.39 is 0 Å². The van der Waals surface area contributed by atoms with Gasteiger partial charge in [-0.05, 0) is 23.9 Å². The zero-order valence-corrected chi connectivity index (χ0v) is 11.4. The summed E-state index contributed by atoms with van der Waals surface area (Å²) in [6, 6.07) is 8.13. The quantitative estimate of drug-likeness (QED) is 0.602. The molecule has 0 aliphatic rings. The molecule has 3 heteroatoms. The van der Waals surface area contributed by atoms with Crippen LogP contribution < -0.4 is 0 Å². The lowest BCUT2D eigenvalue weighted by Gasteiger charge is -1.97. The van der Waals surface area contributed by atoms with Crippen LogP contribution in [0.2, 0.25) is 0 Å². The molecule has 2 rings (SSSR count). The Morgan fingerprint density at radius 2 is 2.00 bits per heavy atom. The first-order valence-electron chi connectivity index (χ1n) is 5.78. The van der Waals surface area contributed by atoms with Crippen LogP contribution in [0.15, 0.2) is 30.5 Å². The Balaban J connectivity index is 2.50. The van der Waals surface area contributed by atoms with Crippen LogP contribution in [0.25, 0.3) is 10.9 Å². The number of Topliss-reactive ketones (excluding diaryl/α,β-unsaturated/α-hetero) is 1. The van der Waals surface area contributed by atoms with E-state index in [1.54, 1.807) is 0 Å². The van der Waals surface area contributed by atoms with Gasteiger partial charge in [-0.2, -0.15) is 0 Å². The van der Waals surface area contributed by atoms with Gasteiger partial charge in [0.1, 0.15) is 0 Å². The van der Waals surface area contributed by atoms with E-state index in [1.807, 2.05) is 24.4 Å². The molecule has 0 amide bonds. The molecule has 90 valence electrons. The highest BCUT2D eigenvalue weighted by atomic mass is 32.2. The van der Waals surface area contributed by atoms with Gasteiger partial charge >= 0.3 is 0 Å². The van der Waals surface area contributed by atoms with E-state index in [0.29, 0.717) is 5.75 Å². The molecule has 17 heavy (non-hydrogen) atoms. The fourth-order valence-electron chi connectivity index (χ4n) is 2.07. The summed E-state index contributed by atoms with van der Waals surface area (Å²) in [5, 5.41) is 1.09. The number of fused-ring (bicyclic) bond motifs is 1. The van der Waals surface area contributed by atoms with Crippen LogP contribution in [0.3, 0.4) is 0 Å². The van der Waals surface area contributed by atoms with E-state index in [0.717, 1.165) is 23.0 Å². The van der Waals surface area contributed by atoms with Gasteiger partial charge in [0.25, 0.3) is 0 Å². The number of hydrogen-bond acceptors (Lipinski definition) is 1. The largest absolute Gasteiger partial charge is 0.347 e. The molecule has 1 aromatic heterocycles. The van der Waals surface area contributed by atoms with Crippen LogP contribution in [0.5, 0.6) is 0 Å². The van der Waals surface area contributed by atoms with E-state index in [9.17, 15) is 4.79 Å². The fraction of sp³-hybridized carbons (Fsp3) is 0.357. The first-order chi connectivity index (χ1) is 8.13. The fourth-order valence-corrected chi connectivity index (χ4v) is 2.75. The van der Waals surface area contributed by atoms with Crippen molar-refractivity contribution in [1.82, 2.24) is 4.57 Å². The summed E-state index contributed by atoms with van der Waals surface area (Å²) in [7, 11) is 0.159. The zero-order chi connectivity index (χ0) is 12.4. The molecule has 0 fully saturated rings. The average molecular weight is 248 g/mol. The second-order valence-corrected chi connectivity index (χ2v) is 6.66. The topological polar surface area (TPSA) is 22.0 Å². The van der Waals surface area contributed by atoms with Gasteiger partial charge in [-0.25, -0.2) is 0 Å². The molecule has 0 atom stereocenters. The highest BCUT2D eigenvalue weighted by Gasteiger charge is 2.18. The van der Waals surface area contributed by atoms with Crippen molar-refractivity contribution in [2.45, 2.75) is 13.5 Å². The van der Waals surface area contributed by atoms with Gasteiger partial charge in [-0.15, -0.1) is 0 Å². The smallest absolute Gasteiger partial charge is 0.213 e. The Hall–Kier alpha value is -1.22. The summed E-state index contributed by atoms with van der Waals surface area (Å²) >= 11 is 0. The van der Waals surface area contributed by atoms with E-state index in [4.69, 9.17) is 0 Å². The zero-order valence-electron chi connectivity index (χ0n) is 10.6. The lowest BCUT2D eigenvalue weighted by atomic mass is 10.1. The molecular formula is C14H18NOS+. The van der Waals surface area contributed by atoms with Gasteiger partial charge in [-0.1, -0.05) is 18.2 Å². The summed E-state index contributed by atoms with van der Waals surface area (Å²) in [4.78, 5) is 12.2. The van der Waals surface area contributed by atoms with E-state index >= 15 is 0 Å². The van der Waals surface area contributed by atoms with Gasteiger partial charge in [0, 0.05) is 29.2 Å². The Kier molecular flexibility index (Phi) is 3.57. The van der Waals surface area contributed by atoms with Crippen molar-refractivity contribution < 1.29 is 4.79 Å². The van der Waals surface area contributed by atoms with Gasteiger partial charge < -0.3 is 4.57 Å². The number of aryl methyl sites for hydroxylation is 1. The molecule has 0 aliphatic carbocycles. The van der Waals surface area contributed by atoms with E-state index in [1.165, 1.54) is 0 Å². The number of nitrogens with zero attached hydrogens (tertiary/aromatic N) is 1. The standard InChI is InChI=1S/C14H18NOS/c1-4-15-9-12(14(16)10-17(2)3)11-7-5-6-8-13(11)15/h5-9H,4,10H2,1-3H3/q+1. The van der Waals surface area contributed by atoms with Crippen molar-refractivity contribution in [2.75, 3.05) is 18.3 Å². The number of hydrogen-bond donors (Lipinski definition) is 0. The maximum atomic E-state index is 12.2. The molecule has 0 bridgehead atoms. The second-order valence-electron chi connectivity index (χ2n) is 4.40. The number of carbonyl (C=O) groups is 1. The first-order valence-corrected chi connectivity index (χ1v) is 7.99. The van der Waals surface area contributed by atoms with Crippen molar-refractivity contribution in [2.24, 2.45) is 0 Å². The molecule has 0 spiro atoms. The van der Waals surface area contributed by atoms with Crippen LogP contribution >= 0.6 is 0 Å². The maximum absolute atomic E-state index is 12.2. The van der Waals surface area contributed by atoms with Crippen molar-refractivity contribution in [3.8, 4) is 0 Å². The highest BCUT2D eigenvalue weighted by molar-refractivity contribution is 7.96. The molecule has 2 aromatic rings. The molecular weight excluding hydrogens is 230 g/mol. The van der Waals surface area contributed by atoms with Crippen LogP contribution in [0, 0.1) is 0 Å². The summed E-state index contributed by atoms with van der Waals surface area (Å²) in [5.41, 5.74) is 2.04. The first kappa shape index (κ1) is 12.2. The summed E-state index contributed by atoms with van der Waals surface area (Å²) in [6.45, 7) is 3.00. The average Bonchev–Trinajstić information content (AvgIpc) is 2.67. The summed E-state index contributed by atoms with van der Waals surface area (Å²) in [6.07, 6.45) is 6.22. The lowest BCUT2D eigenvalue weighted by molar-refractivity contribution is 0.102. The molecule has 0 radical (unpaired) electrons. The van der Waals surface area contributed by atoms with Crippen LogP contribution in [0.4, 0.5) is 0 Å². The number of benzene rings is 1. The Morgan fingerprint density at radius 1 is 1.29 bits per heavy atom. The van der Waals surface area contributed by atoms with Crippen LogP contribution in [0.1, 0.15) is 17.3 Å². The number of carbonyl (C=O) groups excluding carboxylic acids is 1. The Bertz CT molecular complexity index is 542. The van der Waals surface area contributed by atoms with E-state index in [2.05, 4.69) is 30.1 Å². The molecule has 0 saturated heterocycles. The molecule has 1 aromatic carbocycles. The minimum Gasteiger partial charge on any atom is -0.347 e. The third kappa shape index (κ3) is 2.39. The Labute approximate surface area is 105 Å². The molecule has 0 unspecified atom stereocenters.